The van der Waals surface area contributed by atoms with Gasteiger partial charge >= 0.3 is 0 Å². The summed E-state index contributed by atoms with van der Waals surface area (Å²) in [5, 5.41) is 10.4. The number of carbonyl (C=O) groups is 1. The zero-order valence-corrected chi connectivity index (χ0v) is 10.4. The molecular formula is C16H14NO2+. The first kappa shape index (κ1) is 11.7. The zero-order valence-electron chi connectivity index (χ0n) is 10.4. The summed E-state index contributed by atoms with van der Waals surface area (Å²) in [4.78, 5) is 12.1. The minimum absolute atomic E-state index is 0.0231. The molecule has 0 unspecified atom stereocenters. The van der Waals surface area contributed by atoms with Gasteiger partial charge in [0.15, 0.2) is 17.6 Å². The van der Waals surface area contributed by atoms with E-state index in [0.29, 0.717) is 24.1 Å². The number of pyridine rings is 1. The summed E-state index contributed by atoms with van der Waals surface area (Å²) in [6, 6.07) is 14.9. The molecule has 1 aliphatic heterocycles. The van der Waals surface area contributed by atoms with Crippen LogP contribution in [0.3, 0.4) is 0 Å². The second kappa shape index (κ2) is 4.69. The molecule has 1 aromatic carbocycles. The Balaban J connectivity index is 2.21. The van der Waals surface area contributed by atoms with E-state index in [-0.39, 0.29) is 11.5 Å². The number of carbonyl (C=O) groups excluding carboxylic acids is 1. The van der Waals surface area contributed by atoms with Crippen LogP contribution in [0.15, 0.2) is 54.7 Å². The van der Waals surface area contributed by atoms with E-state index in [0.717, 1.165) is 5.69 Å². The van der Waals surface area contributed by atoms with Gasteiger partial charge in [0.25, 0.3) is 5.70 Å². The second-order valence-corrected chi connectivity index (χ2v) is 4.55. The number of aromatic nitrogens is 1. The molecule has 3 heteroatoms. The fourth-order valence-corrected chi connectivity index (χ4v) is 2.37. The van der Waals surface area contributed by atoms with E-state index in [9.17, 15) is 9.90 Å². The molecule has 94 valence electrons. The van der Waals surface area contributed by atoms with Crippen molar-refractivity contribution in [2.45, 2.75) is 12.8 Å². The van der Waals surface area contributed by atoms with Gasteiger partial charge in [-0.25, -0.2) is 0 Å². The lowest BCUT2D eigenvalue weighted by Gasteiger charge is -2.12. The molecule has 0 atom stereocenters. The minimum Gasteiger partial charge on any atom is -0.502 e. The highest BCUT2D eigenvalue weighted by atomic mass is 16.3. The van der Waals surface area contributed by atoms with Crippen LogP contribution >= 0.6 is 0 Å². The lowest BCUT2D eigenvalue weighted by atomic mass is 10.0. The van der Waals surface area contributed by atoms with Crippen LogP contribution in [-0.2, 0) is 11.2 Å². The van der Waals surface area contributed by atoms with Crippen molar-refractivity contribution in [2.24, 2.45) is 0 Å². The van der Waals surface area contributed by atoms with Crippen LogP contribution in [0.1, 0.15) is 17.7 Å². The minimum atomic E-state index is -0.0231. The molecule has 3 nitrogen and oxygen atoms in total. The van der Waals surface area contributed by atoms with Gasteiger partial charge < -0.3 is 5.11 Å². The number of fused-ring (bicyclic) bond motifs is 1. The lowest BCUT2D eigenvalue weighted by molar-refractivity contribution is -0.588. The monoisotopic (exact) mass is 252 g/mol. The van der Waals surface area contributed by atoms with E-state index < -0.39 is 0 Å². The summed E-state index contributed by atoms with van der Waals surface area (Å²) >= 11 is 0. The average Bonchev–Trinajstić information content (AvgIpc) is 2.47. The SMILES string of the molecule is O=C1CCc2cccc[n+]2/C1=C(\O)c1ccccc1. The normalized spacial score (nSPS) is 16.9. The Labute approximate surface area is 111 Å². The number of aryl methyl sites for hydroxylation is 1. The number of aliphatic hydroxyl groups is 1. The van der Waals surface area contributed by atoms with Gasteiger partial charge in [-0.05, 0) is 0 Å². The van der Waals surface area contributed by atoms with Crippen molar-refractivity contribution in [3.05, 3.63) is 66.0 Å². The van der Waals surface area contributed by atoms with Gasteiger partial charge in [0.1, 0.15) is 0 Å². The molecule has 2 aromatic rings. The number of Topliss-reactive ketones (excluding diaryl/α,β-unsaturated/α-hetero) is 1. The van der Waals surface area contributed by atoms with Crippen molar-refractivity contribution in [1.82, 2.24) is 0 Å². The van der Waals surface area contributed by atoms with Gasteiger partial charge in [0.05, 0.1) is 0 Å². The predicted molar refractivity (Wildman–Crippen MR) is 72.1 cm³/mol. The smallest absolute Gasteiger partial charge is 0.296 e. The molecular weight excluding hydrogens is 238 g/mol. The van der Waals surface area contributed by atoms with Crippen molar-refractivity contribution < 1.29 is 14.5 Å². The molecule has 19 heavy (non-hydrogen) atoms. The van der Waals surface area contributed by atoms with Crippen molar-refractivity contribution >= 4 is 17.2 Å². The van der Waals surface area contributed by atoms with Gasteiger partial charge in [-0.15, -0.1) is 0 Å². The predicted octanol–water partition coefficient (Wildman–Crippen LogP) is 2.37. The summed E-state index contributed by atoms with van der Waals surface area (Å²) in [5.41, 5.74) is 2.07. The number of benzene rings is 1. The van der Waals surface area contributed by atoms with Crippen molar-refractivity contribution in [1.29, 1.82) is 0 Å². The maximum atomic E-state index is 12.1. The van der Waals surface area contributed by atoms with E-state index in [1.54, 1.807) is 16.7 Å². The highest BCUT2D eigenvalue weighted by Crippen LogP contribution is 2.21. The Hall–Kier alpha value is -2.42. The molecule has 1 aliphatic rings. The molecule has 1 N–H and O–H groups in total. The first-order chi connectivity index (χ1) is 9.27. The number of aliphatic hydroxyl groups excluding tert-OH is 1. The van der Waals surface area contributed by atoms with Crippen LogP contribution in [-0.4, -0.2) is 10.9 Å². The van der Waals surface area contributed by atoms with Crippen LogP contribution in [0.2, 0.25) is 0 Å². The summed E-state index contributed by atoms with van der Waals surface area (Å²) in [6.07, 6.45) is 2.97. The molecule has 0 amide bonds. The number of allylic oxidation sites excluding steroid dienone is 1. The zero-order chi connectivity index (χ0) is 13.2. The summed E-state index contributed by atoms with van der Waals surface area (Å²) in [7, 11) is 0. The van der Waals surface area contributed by atoms with Crippen LogP contribution in [0.25, 0.3) is 11.5 Å². The Kier molecular flexibility index (Phi) is 2.88. The second-order valence-electron chi connectivity index (χ2n) is 4.55. The molecule has 0 spiro atoms. The van der Waals surface area contributed by atoms with Gasteiger partial charge in [-0.2, -0.15) is 4.57 Å². The first-order valence-corrected chi connectivity index (χ1v) is 6.29. The van der Waals surface area contributed by atoms with E-state index in [1.807, 2.05) is 42.6 Å². The summed E-state index contributed by atoms with van der Waals surface area (Å²) in [6.45, 7) is 0. The molecule has 0 fully saturated rings. The lowest BCUT2D eigenvalue weighted by Crippen LogP contribution is -2.44. The fourth-order valence-electron chi connectivity index (χ4n) is 2.37. The Morgan fingerprint density at radius 3 is 2.53 bits per heavy atom. The van der Waals surface area contributed by atoms with E-state index in [2.05, 4.69) is 0 Å². The van der Waals surface area contributed by atoms with Crippen LogP contribution in [0, 0.1) is 0 Å². The number of ketones is 1. The van der Waals surface area contributed by atoms with Gasteiger partial charge in [0.2, 0.25) is 5.78 Å². The molecule has 0 bridgehead atoms. The summed E-state index contributed by atoms with van der Waals surface area (Å²) < 4.78 is 1.79. The Morgan fingerprint density at radius 2 is 1.74 bits per heavy atom. The Morgan fingerprint density at radius 1 is 1.00 bits per heavy atom. The topological polar surface area (TPSA) is 41.2 Å². The van der Waals surface area contributed by atoms with Crippen LogP contribution in [0.5, 0.6) is 0 Å². The molecule has 0 saturated carbocycles. The maximum Gasteiger partial charge on any atom is 0.296 e. The first-order valence-electron chi connectivity index (χ1n) is 6.29. The number of nitrogens with zero attached hydrogens (tertiary/aromatic N) is 1. The van der Waals surface area contributed by atoms with Crippen LogP contribution < -0.4 is 4.57 Å². The molecule has 0 aliphatic carbocycles. The van der Waals surface area contributed by atoms with Gasteiger partial charge in [-0.1, -0.05) is 36.4 Å². The third kappa shape index (κ3) is 2.03. The third-order valence-corrected chi connectivity index (χ3v) is 3.33. The molecule has 0 radical (unpaired) electrons. The largest absolute Gasteiger partial charge is 0.502 e. The quantitative estimate of drug-likeness (QED) is 0.481. The number of rotatable bonds is 1. The average molecular weight is 252 g/mol. The maximum absolute atomic E-state index is 12.1. The van der Waals surface area contributed by atoms with Crippen molar-refractivity contribution in [2.75, 3.05) is 0 Å². The molecule has 1 aromatic heterocycles. The van der Waals surface area contributed by atoms with Gasteiger partial charge in [-0.3, -0.25) is 4.79 Å². The highest BCUT2D eigenvalue weighted by Gasteiger charge is 2.33. The van der Waals surface area contributed by atoms with E-state index in [1.165, 1.54) is 0 Å². The standard InChI is InChI=1S/C16H13NO2/c18-14-10-9-13-8-4-5-11-17(13)15(14)16(19)12-6-2-1-3-7-12/h1-8,11H,9-10H2/p+1. The van der Waals surface area contributed by atoms with E-state index in [4.69, 9.17) is 0 Å². The fraction of sp³-hybridized carbons (Fsp3) is 0.125. The number of hydrogen-bond acceptors (Lipinski definition) is 2. The summed E-state index contributed by atoms with van der Waals surface area (Å²) in [5.74, 6) is 0.0211. The molecule has 0 saturated heterocycles. The molecule has 3 rings (SSSR count). The molecule has 2 heterocycles. The van der Waals surface area contributed by atoms with Gasteiger partial charge in [0, 0.05) is 30.5 Å². The Bertz CT molecular complexity index is 659. The van der Waals surface area contributed by atoms with E-state index >= 15 is 0 Å². The third-order valence-electron chi connectivity index (χ3n) is 3.33. The van der Waals surface area contributed by atoms with Crippen molar-refractivity contribution in [3.63, 3.8) is 0 Å². The van der Waals surface area contributed by atoms with Crippen molar-refractivity contribution in [3.8, 4) is 0 Å². The number of hydrogen-bond donors (Lipinski definition) is 1. The van der Waals surface area contributed by atoms with Crippen LogP contribution in [0.4, 0.5) is 0 Å². The highest BCUT2D eigenvalue weighted by molar-refractivity contribution is 6.18.